The number of carboxylic acid groups (broad SMARTS) is 1. The maximum Gasteiger partial charge on any atom is 0.305 e. The third kappa shape index (κ3) is 3.31. The maximum absolute atomic E-state index is 12.3. The molecule has 0 bridgehead atoms. The Hall–Kier alpha value is -1.55. The molecule has 2 unspecified atom stereocenters. The number of halogens is 1. The van der Waals surface area contributed by atoms with Gasteiger partial charge in [0.25, 0.3) is 0 Å². The Morgan fingerprint density at radius 2 is 2.10 bits per heavy atom. The van der Waals surface area contributed by atoms with E-state index in [0.29, 0.717) is 11.6 Å². The highest BCUT2D eigenvalue weighted by atomic mass is 35.5. The SMILES string of the molecule is CCN(CCC(=O)O)C(=O)C1CC1c1ccccc1Cl. The summed E-state index contributed by atoms with van der Waals surface area (Å²) in [5.41, 5.74) is 1.02. The lowest BCUT2D eigenvalue weighted by Gasteiger charge is -2.20. The quantitative estimate of drug-likeness (QED) is 0.878. The van der Waals surface area contributed by atoms with E-state index < -0.39 is 5.97 Å². The summed E-state index contributed by atoms with van der Waals surface area (Å²) in [6.07, 6.45) is 0.787. The summed E-state index contributed by atoms with van der Waals surface area (Å²) < 4.78 is 0. The molecule has 0 saturated heterocycles. The van der Waals surface area contributed by atoms with E-state index in [2.05, 4.69) is 0 Å². The summed E-state index contributed by atoms with van der Waals surface area (Å²) in [5.74, 6) is -0.716. The normalized spacial score (nSPS) is 20.5. The molecule has 1 aliphatic rings. The zero-order chi connectivity index (χ0) is 14.7. The van der Waals surface area contributed by atoms with Crippen molar-refractivity contribution in [2.75, 3.05) is 13.1 Å². The number of carbonyl (C=O) groups is 2. The molecule has 0 aromatic heterocycles. The molecule has 0 spiro atoms. The van der Waals surface area contributed by atoms with Crippen LogP contribution in [0.4, 0.5) is 0 Å². The van der Waals surface area contributed by atoms with Crippen molar-refractivity contribution < 1.29 is 14.7 Å². The topological polar surface area (TPSA) is 57.6 Å². The minimum atomic E-state index is -0.880. The highest BCUT2D eigenvalue weighted by Gasteiger charge is 2.46. The van der Waals surface area contributed by atoms with E-state index in [1.807, 2.05) is 31.2 Å². The van der Waals surface area contributed by atoms with E-state index in [0.717, 1.165) is 12.0 Å². The fraction of sp³-hybridized carbons (Fsp3) is 0.467. The molecule has 1 fully saturated rings. The van der Waals surface area contributed by atoms with E-state index in [9.17, 15) is 9.59 Å². The number of aliphatic carboxylic acids is 1. The minimum Gasteiger partial charge on any atom is -0.481 e. The molecular weight excluding hydrogens is 278 g/mol. The van der Waals surface area contributed by atoms with Gasteiger partial charge in [0.15, 0.2) is 0 Å². The van der Waals surface area contributed by atoms with Crippen molar-refractivity contribution in [1.29, 1.82) is 0 Å². The molecule has 1 N–H and O–H groups in total. The van der Waals surface area contributed by atoms with Gasteiger partial charge in [-0.2, -0.15) is 0 Å². The van der Waals surface area contributed by atoms with Gasteiger partial charge in [-0.25, -0.2) is 0 Å². The Morgan fingerprint density at radius 3 is 2.70 bits per heavy atom. The molecule has 2 rings (SSSR count). The van der Waals surface area contributed by atoms with Crippen LogP contribution in [0.3, 0.4) is 0 Å². The van der Waals surface area contributed by atoms with Crippen molar-refractivity contribution in [2.45, 2.75) is 25.7 Å². The number of carboxylic acids is 1. The fourth-order valence-electron chi connectivity index (χ4n) is 2.48. The summed E-state index contributed by atoms with van der Waals surface area (Å²) in [7, 11) is 0. The first kappa shape index (κ1) is 14.9. The second-order valence-electron chi connectivity index (χ2n) is 5.03. The van der Waals surface area contributed by atoms with Gasteiger partial charge < -0.3 is 10.0 Å². The third-order valence-electron chi connectivity index (χ3n) is 3.70. The van der Waals surface area contributed by atoms with Crippen LogP contribution >= 0.6 is 11.6 Å². The first-order valence-corrected chi connectivity index (χ1v) is 7.17. The van der Waals surface area contributed by atoms with E-state index in [4.69, 9.17) is 16.7 Å². The maximum atomic E-state index is 12.3. The molecule has 0 radical (unpaired) electrons. The Balaban J connectivity index is 1.98. The smallest absolute Gasteiger partial charge is 0.305 e. The lowest BCUT2D eigenvalue weighted by atomic mass is 10.1. The zero-order valence-corrected chi connectivity index (χ0v) is 12.1. The molecule has 0 aliphatic heterocycles. The average Bonchev–Trinajstić information content (AvgIpc) is 3.19. The predicted molar refractivity (Wildman–Crippen MR) is 76.8 cm³/mol. The number of rotatable bonds is 6. The molecule has 1 amide bonds. The molecule has 4 nitrogen and oxygen atoms in total. The van der Waals surface area contributed by atoms with Crippen molar-refractivity contribution in [3.63, 3.8) is 0 Å². The monoisotopic (exact) mass is 295 g/mol. The fourth-order valence-corrected chi connectivity index (χ4v) is 2.75. The summed E-state index contributed by atoms with van der Waals surface area (Å²) in [6.45, 7) is 2.68. The molecule has 5 heteroatoms. The van der Waals surface area contributed by atoms with Gasteiger partial charge in [0, 0.05) is 24.0 Å². The van der Waals surface area contributed by atoms with E-state index in [1.165, 1.54) is 0 Å². The summed E-state index contributed by atoms with van der Waals surface area (Å²) in [4.78, 5) is 24.6. The van der Waals surface area contributed by atoms with Crippen molar-refractivity contribution in [3.05, 3.63) is 34.9 Å². The molecule has 2 atom stereocenters. The van der Waals surface area contributed by atoms with Crippen molar-refractivity contribution in [2.24, 2.45) is 5.92 Å². The van der Waals surface area contributed by atoms with Crippen LogP contribution in [0.2, 0.25) is 5.02 Å². The number of hydrogen-bond donors (Lipinski definition) is 1. The van der Waals surface area contributed by atoms with Gasteiger partial charge in [-0.1, -0.05) is 29.8 Å². The zero-order valence-electron chi connectivity index (χ0n) is 11.4. The van der Waals surface area contributed by atoms with Crippen molar-refractivity contribution >= 4 is 23.5 Å². The number of benzene rings is 1. The van der Waals surface area contributed by atoms with Crippen molar-refractivity contribution in [3.8, 4) is 0 Å². The van der Waals surface area contributed by atoms with Crippen LogP contribution in [-0.2, 0) is 9.59 Å². The molecule has 1 saturated carbocycles. The molecule has 20 heavy (non-hydrogen) atoms. The lowest BCUT2D eigenvalue weighted by Crippen LogP contribution is -2.34. The van der Waals surface area contributed by atoms with Crippen molar-refractivity contribution in [1.82, 2.24) is 4.90 Å². The molecule has 0 heterocycles. The summed E-state index contributed by atoms with van der Waals surface area (Å²) in [5, 5.41) is 9.40. The van der Waals surface area contributed by atoms with E-state index in [-0.39, 0.29) is 30.7 Å². The Kier molecular flexibility index (Phi) is 4.65. The number of hydrogen-bond acceptors (Lipinski definition) is 2. The van der Waals surface area contributed by atoms with Crippen LogP contribution < -0.4 is 0 Å². The first-order chi connectivity index (χ1) is 9.54. The van der Waals surface area contributed by atoms with Gasteiger partial charge in [-0.3, -0.25) is 9.59 Å². The molecular formula is C15H18ClNO3. The molecule has 1 aromatic rings. The Morgan fingerprint density at radius 1 is 1.40 bits per heavy atom. The first-order valence-electron chi connectivity index (χ1n) is 6.79. The van der Waals surface area contributed by atoms with Crippen LogP contribution in [-0.4, -0.2) is 35.0 Å². The van der Waals surface area contributed by atoms with Crippen LogP contribution in [0, 0.1) is 5.92 Å². The second kappa shape index (κ2) is 6.27. The highest BCUT2D eigenvalue weighted by molar-refractivity contribution is 6.31. The molecule has 108 valence electrons. The summed E-state index contributed by atoms with van der Waals surface area (Å²) >= 11 is 6.14. The largest absolute Gasteiger partial charge is 0.481 e. The number of carbonyl (C=O) groups excluding carboxylic acids is 1. The molecule has 1 aromatic carbocycles. The van der Waals surface area contributed by atoms with E-state index >= 15 is 0 Å². The third-order valence-corrected chi connectivity index (χ3v) is 4.05. The van der Waals surface area contributed by atoms with E-state index in [1.54, 1.807) is 4.90 Å². The standard InChI is InChI=1S/C15H18ClNO3/c1-2-17(8-7-14(18)19)15(20)12-9-11(12)10-5-3-4-6-13(10)16/h3-6,11-12H,2,7-9H2,1H3,(H,18,19). The summed E-state index contributed by atoms with van der Waals surface area (Å²) in [6, 6.07) is 7.58. The van der Waals surface area contributed by atoms with Gasteiger partial charge in [0.05, 0.1) is 6.42 Å². The van der Waals surface area contributed by atoms with Crippen LogP contribution in [0.15, 0.2) is 24.3 Å². The average molecular weight is 296 g/mol. The van der Waals surface area contributed by atoms with Gasteiger partial charge in [-0.15, -0.1) is 0 Å². The van der Waals surface area contributed by atoms with Crippen LogP contribution in [0.5, 0.6) is 0 Å². The number of nitrogens with zero attached hydrogens (tertiary/aromatic N) is 1. The predicted octanol–water partition coefficient (Wildman–Crippen LogP) is 2.77. The molecule has 1 aliphatic carbocycles. The van der Waals surface area contributed by atoms with Crippen LogP contribution in [0.1, 0.15) is 31.2 Å². The lowest BCUT2D eigenvalue weighted by molar-refractivity contribution is -0.138. The Labute approximate surface area is 123 Å². The van der Waals surface area contributed by atoms with Gasteiger partial charge in [0.2, 0.25) is 5.91 Å². The van der Waals surface area contributed by atoms with Crippen LogP contribution in [0.25, 0.3) is 0 Å². The van der Waals surface area contributed by atoms with Gasteiger partial charge in [-0.05, 0) is 30.9 Å². The Bertz CT molecular complexity index is 518. The highest BCUT2D eigenvalue weighted by Crippen LogP contribution is 2.50. The number of amides is 1. The minimum absolute atomic E-state index is 0.0109. The second-order valence-corrected chi connectivity index (χ2v) is 5.44. The van der Waals surface area contributed by atoms with Gasteiger partial charge in [0.1, 0.15) is 0 Å². The van der Waals surface area contributed by atoms with Gasteiger partial charge >= 0.3 is 5.97 Å².